The Bertz CT molecular complexity index is 1020. The molecule has 0 fully saturated rings. The molecule has 9 heteroatoms. The molecule has 2 heterocycles. The first-order chi connectivity index (χ1) is 14.7. The van der Waals surface area contributed by atoms with Gasteiger partial charge >= 0.3 is 0 Å². The zero-order valence-corrected chi connectivity index (χ0v) is 15.8. The summed E-state index contributed by atoms with van der Waals surface area (Å²) in [6.45, 7) is -0.223. The molecule has 0 spiro atoms. The van der Waals surface area contributed by atoms with Crippen LogP contribution < -0.4 is 15.6 Å². The second kappa shape index (κ2) is 10.8. The minimum Gasteiger partial charge on any atom is -0.484 e. The van der Waals surface area contributed by atoms with Crippen molar-refractivity contribution in [1.82, 2.24) is 20.8 Å². The van der Waals surface area contributed by atoms with E-state index in [-0.39, 0.29) is 12.5 Å². The fourth-order valence-electron chi connectivity index (χ4n) is 2.18. The molecule has 9 nitrogen and oxygen atoms in total. The summed E-state index contributed by atoms with van der Waals surface area (Å²) in [4.78, 5) is 32.0. The number of hydrogen-bond donors (Lipinski definition) is 2. The number of carbonyl (C=O) groups excluding carboxylic acids is 2. The highest BCUT2D eigenvalue weighted by atomic mass is 16.5. The smallest absolute Gasteiger partial charge is 0.277 e. The minimum atomic E-state index is -0.423. The van der Waals surface area contributed by atoms with Gasteiger partial charge in [-0.15, -0.1) is 0 Å². The van der Waals surface area contributed by atoms with Gasteiger partial charge < -0.3 is 4.74 Å². The predicted molar refractivity (Wildman–Crippen MR) is 111 cm³/mol. The van der Waals surface area contributed by atoms with Crippen molar-refractivity contribution in [2.24, 2.45) is 10.2 Å². The molecule has 0 aliphatic heterocycles. The monoisotopic (exact) mass is 402 g/mol. The van der Waals surface area contributed by atoms with Crippen LogP contribution in [0, 0.1) is 0 Å². The van der Waals surface area contributed by atoms with Gasteiger partial charge in [-0.25, -0.2) is 10.9 Å². The highest BCUT2D eigenvalue weighted by molar-refractivity contribution is 5.94. The summed E-state index contributed by atoms with van der Waals surface area (Å²) in [6, 6.07) is 17.0. The number of amides is 2. The molecule has 0 aliphatic carbocycles. The molecule has 3 rings (SSSR count). The Morgan fingerprint density at radius 2 is 1.43 bits per heavy atom. The number of ether oxygens (including phenoxy) is 1. The van der Waals surface area contributed by atoms with Gasteiger partial charge in [0, 0.05) is 18.0 Å². The quantitative estimate of drug-likeness (QED) is 0.440. The number of nitrogens with zero attached hydrogens (tertiary/aromatic N) is 4. The summed E-state index contributed by atoms with van der Waals surface area (Å²) in [5.41, 5.74) is 6.41. The van der Waals surface area contributed by atoms with E-state index in [9.17, 15) is 9.59 Å². The van der Waals surface area contributed by atoms with Crippen molar-refractivity contribution in [3.05, 3.63) is 90.0 Å². The van der Waals surface area contributed by atoms with Crippen LogP contribution in [0.1, 0.15) is 21.7 Å². The van der Waals surface area contributed by atoms with E-state index >= 15 is 0 Å². The summed E-state index contributed by atoms with van der Waals surface area (Å²) in [6.07, 6.45) is 6.14. The summed E-state index contributed by atoms with van der Waals surface area (Å²) in [7, 11) is 0. The van der Waals surface area contributed by atoms with Gasteiger partial charge in [0.25, 0.3) is 11.8 Å². The van der Waals surface area contributed by atoms with Gasteiger partial charge in [-0.3, -0.25) is 19.6 Å². The Morgan fingerprint density at radius 3 is 2.00 bits per heavy atom. The Kier molecular flexibility index (Phi) is 7.33. The first kappa shape index (κ1) is 20.3. The topological polar surface area (TPSA) is 118 Å². The third-order valence-corrected chi connectivity index (χ3v) is 3.61. The average molecular weight is 402 g/mol. The van der Waals surface area contributed by atoms with E-state index in [1.807, 2.05) is 12.1 Å². The molecule has 150 valence electrons. The first-order valence-electron chi connectivity index (χ1n) is 8.91. The first-order valence-corrected chi connectivity index (χ1v) is 8.91. The fraction of sp³-hybridized carbons (Fsp3) is 0.0476. The molecule has 2 aromatic heterocycles. The minimum absolute atomic E-state index is 0.223. The molecule has 0 saturated heterocycles. The maximum atomic E-state index is 12.1. The van der Waals surface area contributed by atoms with E-state index in [0.717, 1.165) is 0 Å². The van der Waals surface area contributed by atoms with Crippen molar-refractivity contribution in [1.29, 1.82) is 0 Å². The van der Waals surface area contributed by atoms with Gasteiger partial charge in [-0.2, -0.15) is 10.2 Å². The van der Waals surface area contributed by atoms with E-state index in [4.69, 9.17) is 4.74 Å². The molecular formula is C21H18N6O3. The maximum absolute atomic E-state index is 12.1. The molecule has 0 saturated carbocycles. The van der Waals surface area contributed by atoms with Crippen molar-refractivity contribution in [3.63, 3.8) is 0 Å². The van der Waals surface area contributed by atoms with Crippen molar-refractivity contribution in [2.45, 2.75) is 0 Å². The number of nitrogens with one attached hydrogen (secondary N) is 2. The maximum Gasteiger partial charge on any atom is 0.277 e. The summed E-state index contributed by atoms with van der Waals surface area (Å²) in [5, 5.41) is 7.66. The lowest BCUT2D eigenvalue weighted by Gasteiger charge is -2.06. The molecule has 3 aromatic rings. The van der Waals surface area contributed by atoms with Gasteiger partial charge in [-0.1, -0.05) is 12.1 Å². The number of carbonyl (C=O) groups is 2. The number of pyridine rings is 2. The SMILES string of the molecule is O=C(COc1ccc(C(=O)NN=Cc2ccccn2)cc1)NN=Cc1ccccn1. The van der Waals surface area contributed by atoms with E-state index < -0.39 is 5.91 Å². The van der Waals surface area contributed by atoms with Gasteiger partial charge in [0.05, 0.1) is 23.8 Å². The lowest BCUT2D eigenvalue weighted by atomic mass is 10.2. The molecular weight excluding hydrogens is 384 g/mol. The Morgan fingerprint density at radius 1 is 0.833 bits per heavy atom. The van der Waals surface area contributed by atoms with E-state index in [1.165, 1.54) is 12.4 Å². The lowest BCUT2D eigenvalue weighted by molar-refractivity contribution is -0.123. The summed E-state index contributed by atoms with van der Waals surface area (Å²) >= 11 is 0. The van der Waals surface area contributed by atoms with Crippen LogP contribution in [0.15, 0.2) is 83.3 Å². The standard InChI is InChI=1S/C21H18N6O3/c28-20(26-24-13-17-5-1-3-11-22-17)15-30-19-9-7-16(8-10-19)21(29)27-25-14-18-6-2-4-12-23-18/h1-14H,15H2,(H,26,28)(H,27,29). The van der Waals surface area contributed by atoms with Crippen LogP contribution in [0.2, 0.25) is 0 Å². The van der Waals surface area contributed by atoms with Crippen LogP contribution in [-0.2, 0) is 4.79 Å². The molecule has 2 amide bonds. The van der Waals surface area contributed by atoms with Gasteiger partial charge in [0.2, 0.25) is 0 Å². The van der Waals surface area contributed by atoms with Crippen molar-refractivity contribution < 1.29 is 14.3 Å². The molecule has 0 atom stereocenters. The van der Waals surface area contributed by atoms with Crippen LogP contribution in [0.3, 0.4) is 0 Å². The Balaban J connectivity index is 1.42. The Labute approximate surface area is 172 Å². The Hall–Kier alpha value is -4.40. The van der Waals surface area contributed by atoms with Crippen molar-refractivity contribution in [3.8, 4) is 5.75 Å². The fourth-order valence-corrected chi connectivity index (χ4v) is 2.18. The lowest BCUT2D eigenvalue weighted by Crippen LogP contribution is -2.24. The molecule has 0 aliphatic rings. The van der Waals surface area contributed by atoms with Crippen LogP contribution >= 0.6 is 0 Å². The number of hydrogen-bond acceptors (Lipinski definition) is 7. The zero-order chi connectivity index (χ0) is 21.0. The number of benzene rings is 1. The van der Waals surface area contributed by atoms with Gasteiger partial charge in [-0.05, 0) is 48.5 Å². The molecule has 0 bridgehead atoms. The number of aromatic nitrogens is 2. The second-order valence-corrected chi connectivity index (χ2v) is 5.81. The highest BCUT2D eigenvalue weighted by Crippen LogP contribution is 2.12. The predicted octanol–water partition coefficient (Wildman–Crippen LogP) is 1.77. The second-order valence-electron chi connectivity index (χ2n) is 5.81. The van der Waals surface area contributed by atoms with E-state index in [1.54, 1.807) is 60.9 Å². The molecule has 2 N–H and O–H groups in total. The molecule has 0 radical (unpaired) electrons. The van der Waals surface area contributed by atoms with Gasteiger partial charge in [0.1, 0.15) is 5.75 Å². The molecule has 30 heavy (non-hydrogen) atoms. The third kappa shape index (κ3) is 6.64. The van der Waals surface area contributed by atoms with Crippen molar-refractivity contribution in [2.75, 3.05) is 6.61 Å². The number of hydrazone groups is 2. The summed E-state index contributed by atoms with van der Waals surface area (Å²) in [5.74, 6) is -0.365. The van der Waals surface area contributed by atoms with E-state index in [2.05, 4.69) is 31.0 Å². The number of rotatable bonds is 8. The highest BCUT2D eigenvalue weighted by Gasteiger charge is 2.06. The zero-order valence-electron chi connectivity index (χ0n) is 15.8. The van der Waals surface area contributed by atoms with Gasteiger partial charge in [0.15, 0.2) is 6.61 Å². The third-order valence-electron chi connectivity index (χ3n) is 3.61. The summed E-state index contributed by atoms with van der Waals surface area (Å²) < 4.78 is 5.37. The average Bonchev–Trinajstić information content (AvgIpc) is 2.79. The van der Waals surface area contributed by atoms with Crippen molar-refractivity contribution >= 4 is 24.2 Å². The van der Waals surface area contributed by atoms with Crippen LogP contribution in [0.4, 0.5) is 0 Å². The van der Waals surface area contributed by atoms with Crippen LogP contribution in [0.5, 0.6) is 5.75 Å². The normalized spacial score (nSPS) is 10.8. The van der Waals surface area contributed by atoms with E-state index in [0.29, 0.717) is 22.7 Å². The largest absolute Gasteiger partial charge is 0.484 e. The van der Waals surface area contributed by atoms with Crippen LogP contribution in [-0.4, -0.2) is 40.8 Å². The molecule has 0 unspecified atom stereocenters. The van der Waals surface area contributed by atoms with Crippen LogP contribution in [0.25, 0.3) is 0 Å². The molecule has 1 aromatic carbocycles.